The zero-order valence-electron chi connectivity index (χ0n) is 13.6. The molecule has 0 radical (unpaired) electrons. The van der Waals surface area contributed by atoms with Gasteiger partial charge in [0.05, 0.1) is 11.1 Å². The fraction of sp³-hybridized carbons (Fsp3) is 0.474. The fourth-order valence-corrected chi connectivity index (χ4v) is 3.75. The summed E-state index contributed by atoms with van der Waals surface area (Å²) in [6.07, 6.45) is 5.32. The van der Waals surface area contributed by atoms with Gasteiger partial charge in [-0.2, -0.15) is 0 Å². The lowest BCUT2D eigenvalue weighted by molar-refractivity contribution is 0.0930. The van der Waals surface area contributed by atoms with Gasteiger partial charge >= 0.3 is 0 Å². The summed E-state index contributed by atoms with van der Waals surface area (Å²) in [5.74, 6) is 0.287. The number of rotatable bonds is 4. The fourth-order valence-electron chi connectivity index (χ4n) is 3.75. The van der Waals surface area contributed by atoms with Crippen molar-refractivity contribution in [3.05, 3.63) is 41.3 Å². The molecule has 2 saturated carbocycles. The first-order valence-electron chi connectivity index (χ1n) is 8.77. The number of pyridine rings is 1. The molecule has 2 unspecified atom stereocenters. The van der Waals surface area contributed by atoms with E-state index >= 15 is 0 Å². The summed E-state index contributed by atoms with van der Waals surface area (Å²) >= 11 is 0. The third-order valence-corrected chi connectivity index (χ3v) is 5.31. The number of nitrogens with zero attached hydrogens (tertiary/aromatic N) is 1. The molecule has 126 valence electrons. The molecule has 0 saturated heterocycles. The molecule has 2 aliphatic carbocycles. The van der Waals surface area contributed by atoms with Crippen LogP contribution in [0.15, 0.2) is 24.3 Å². The van der Waals surface area contributed by atoms with Crippen molar-refractivity contribution in [1.29, 1.82) is 0 Å². The van der Waals surface area contributed by atoms with Gasteiger partial charge < -0.3 is 11.1 Å². The van der Waals surface area contributed by atoms with E-state index in [1.807, 2.05) is 6.07 Å². The minimum atomic E-state index is -0.349. The Kier molecular flexibility index (Phi) is 3.96. The van der Waals surface area contributed by atoms with Crippen molar-refractivity contribution in [3.8, 4) is 0 Å². The van der Waals surface area contributed by atoms with E-state index in [4.69, 9.17) is 5.73 Å². The first-order chi connectivity index (χ1) is 11.7. The summed E-state index contributed by atoms with van der Waals surface area (Å²) in [6, 6.07) is 6.42. The van der Waals surface area contributed by atoms with E-state index in [0.29, 0.717) is 34.8 Å². The molecule has 1 heterocycles. The molecule has 5 heteroatoms. The van der Waals surface area contributed by atoms with Crippen LogP contribution in [0.5, 0.6) is 0 Å². The van der Waals surface area contributed by atoms with Crippen LogP contribution in [0.3, 0.4) is 0 Å². The van der Waals surface area contributed by atoms with Crippen LogP contribution in [0.25, 0.3) is 10.9 Å². The number of carbonyl (C=O) groups excluding carboxylic acids is 1. The number of amides is 1. The van der Waals surface area contributed by atoms with Gasteiger partial charge in [0.15, 0.2) is 0 Å². The average Bonchev–Trinajstić information content (AvgIpc) is 3.34. The Bertz CT molecular complexity index is 788. The third-order valence-electron chi connectivity index (χ3n) is 5.31. The van der Waals surface area contributed by atoms with Crippen LogP contribution in [0, 0.1) is 11.7 Å². The summed E-state index contributed by atoms with van der Waals surface area (Å²) in [5, 5.41) is 3.71. The van der Waals surface area contributed by atoms with Gasteiger partial charge in [0, 0.05) is 23.0 Å². The van der Waals surface area contributed by atoms with Gasteiger partial charge in [0.1, 0.15) is 5.82 Å². The highest BCUT2D eigenvalue weighted by atomic mass is 19.1. The topological polar surface area (TPSA) is 68.0 Å². The van der Waals surface area contributed by atoms with E-state index in [1.165, 1.54) is 12.1 Å². The second-order valence-electron chi connectivity index (χ2n) is 7.04. The second kappa shape index (κ2) is 6.13. The molecule has 2 atom stereocenters. The molecule has 3 N–H and O–H groups in total. The number of carbonyl (C=O) groups is 1. The summed E-state index contributed by atoms with van der Waals surface area (Å²) in [4.78, 5) is 17.5. The zero-order valence-corrected chi connectivity index (χ0v) is 13.6. The van der Waals surface area contributed by atoms with Gasteiger partial charge in [-0.25, -0.2) is 4.39 Å². The Balaban J connectivity index is 1.70. The smallest absolute Gasteiger partial charge is 0.252 e. The molecular weight excluding hydrogens is 305 g/mol. The monoisotopic (exact) mass is 327 g/mol. The van der Waals surface area contributed by atoms with Crippen molar-refractivity contribution in [1.82, 2.24) is 10.3 Å². The van der Waals surface area contributed by atoms with E-state index in [0.717, 1.165) is 37.8 Å². The number of nitrogens with one attached hydrogen (secondary N) is 1. The van der Waals surface area contributed by atoms with Crippen molar-refractivity contribution >= 4 is 16.8 Å². The van der Waals surface area contributed by atoms with Crippen molar-refractivity contribution in [3.63, 3.8) is 0 Å². The Morgan fingerprint density at radius 1 is 1.25 bits per heavy atom. The lowest BCUT2D eigenvalue weighted by atomic mass is 10.0. The van der Waals surface area contributed by atoms with Gasteiger partial charge in [-0.1, -0.05) is 6.42 Å². The Morgan fingerprint density at radius 2 is 2.08 bits per heavy atom. The molecule has 2 aromatic rings. The SMILES string of the molecule is NCC1CCCC1NC(=O)c1cc(C2CC2)nc2ccc(F)cc12. The highest BCUT2D eigenvalue weighted by Crippen LogP contribution is 2.40. The number of aromatic nitrogens is 1. The van der Waals surface area contributed by atoms with Crippen molar-refractivity contribution in [2.75, 3.05) is 6.54 Å². The molecule has 1 amide bonds. The molecule has 0 bridgehead atoms. The minimum Gasteiger partial charge on any atom is -0.349 e. The van der Waals surface area contributed by atoms with Crippen LogP contribution in [-0.4, -0.2) is 23.5 Å². The van der Waals surface area contributed by atoms with Gasteiger partial charge in [0.2, 0.25) is 0 Å². The highest BCUT2D eigenvalue weighted by Gasteiger charge is 2.30. The quantitative estimate of drug-likeness (QED) is 0.906. The summed E-state index contributed by atoms with van der Waals surface area (Å²) < 4.78 is 13.7. The van der Waals surface area contributed by atoms with Crippen LogP contribution in [0.1, 0.15) is 54.1 Å². The van der Waals surface area contributed by atoms with Gasteiger partial charge in [-0.15, -0.1) is 0 Å². The van der Waals surface area contributed by atoms with Crippen LogP contribution >= 0.6 is 0 Å². The first-order valence-corrected chi connectivity index (χ1v) is 8.77. The number of hydrogen-bond acceptors (Lipinski definition) is 3. The molecule has 1 aromatic carbocycles. The number of hydrogen-bond donors (Lipinski definition) is 2. The highest BCUT2D eigenvalue weighted by molar-refractivity contribution is 6.06. The van der Waals surface area contributed by atoms with Gasteiger partial charge in [-0.3, -0.25) is 9.78 Å². The van der Waals surface area contributed by atoms with Gasteiger partial charge in [-0.05, 0) is 62.4 Å². The molecule has 2 aliphatic rings. The van der Waals surface area contributed by atoms with Crippen molar-refractivity contribution < 1.29 is 9.18 Å². The van der Waals surface area contributed by atoms with Crippen LogP contribution < -0.4 is 11.1 Å². The van der Waals surface area contributed by atoms with Crippen LogP contribution in [0.4, 0.5) is 4.39 Å². The zero-order chi connectivity index (χ0) is 16.7. The predicted octanol–water partition coefficient (Wildman–Crippen LogP) is 3.11. The van der Waals surface area contributed by atoms with E-state index in [-0.39, 0.29) is 17.8 Å². The largest absolute Gasteiger partial charge is 0.349 e. The molecule has 4 rings (SSSR count). The number of benzene rings is 1. The Labute approximate surface area is 140 Å². The minimum absolute atomic E-state index is 0.114. The molecule has 24 heavy (non-hydrogen) atoms. The third kappa shape index (κ3) is 2.88. The number of fused-ring (bicyclic) bond motifs is 1. The lowest BCUT2D eigenvalue weighted by Crippen LogP contribution is -2.40. The van der Waals surface area contributed by atoms with Crippen molar-refractivity contribution in [2.24, 2.45) is 11.7 Å². The number of nitrogens with two attached hydrogens (primary N) is 1. The van der Waals surface area contributed by atoms with Crippen LogP contribution in [-0.2, 0) is 0 Å². The van der Waals surface area contributed by atoms with Gasteiger partial charge in [0.25, 0.3) is 5.91 Å². The summed E-state index contributed by atoms with van der Waals surface area (Å²) in [6.45, 7) is 0.587. The van der Waals surface area contributed by atoms with E-state index in [9.17, 15) is 9.18 Å². The molecule has 2 fully saturated rings. The molecule has 4 nitrogen and oxygen atoms in total. The van der Waals surface area contributed by atoms with E-state index in [2.05, 4.69) is 10.3 Å². The molecule has 0 aliphatic heterocycles. The average molecular weight is 327 g/mol. The lowest BCUT2D eigenvalue weighted by Gasteiger charge is -2.20. The Hall–Kier alpha value is -2.01. The molecular formula is C19H22FN3O. The van der Waals surface area contributed by atoms with E-state index in [1.54, 1.807) is 6.07 Å². The van der Waals surface area contributed by atoms with Crippen molar-refractivity contribution in [2.45, 2.75) is 44.1 Å². The van der Waals surface area contributed by atoms with E-state index < -0.39 is 0 Å². The first kappa shape index (κ1) is 15.5. The Morgan fingerprint density at radius 3 is 2.83 bits per heavy atom. The number of halogens is 1. The maximum atomic E-state index is 13.7. The van der Waals surface area contributed by atoms with Crippen LogP contribution in [0.2, 0.25) is 0 Å². The predicted molar refractivity (Wildman–Crippen MR) is 91.3 cm³/mol. The second-order valence-corrected chi connectivity index (χ2v) is 7.04. The summed E-state index contributed by atoms with van der Waals surface area (Å²) in [7, 11) is 0. The maximum Gasteiger partial charge on any atom is 0.252 e. The molecule has 1 aromatic heterocycles. The summed E-state index contributed by atoms with van der Waals surface area (Å²) in [5.41, 5.74) is 7.97. The molecule has 0 spiro atoms. The standard InChI is InChI=1S/C19H22FN3O/c20-13-6-7-17-14(8-13)15(9-18(22-17)11-4-5-11)19(24)23-16-3-1-2-12(16)10-21/h6-9,11-12,16H,1-5,10,21H2,(H,23,24). The normalized spacial score (nSPS) is 23.6. The maximum absolute atomic E-state index is 13.7.